The van der Waals surface area contributed by atoms with E-state index in [9.17, 15) is 9.90 Å². The van der Waals surface area contributed by atoms with Crippen LogP contribution < -0.4 is 5.32 Å². The summed E-state index contributed by atoms with van der Waals surface area (Å²) in [5.74, 6) is 0.0224. The molecule has 0 spiro atoms. The number of halogens is 1. The second kappa shape index (κ2) is 6.81. The van der Waals surface area contributed by atoms with Crippen LogP contribution in [0.2, 0.25) is 5.02 Å². The van der Waals surface area contributed by atoms with Gasteiger partial charge in [-0.2, -0.15) is 0 Å². The average molecular weight is 345 g/mol. The number of hydrogen-bond acceptors (Lipinski definition) is 4. The Morgan fingerprint density at radius 1 is 1.17 bits per heavy atom. The summed E-state index contributed by atoms with van der Waals surface area (Å²) in [6.07, 6.45) is 0.223. The highest BCUT2D eigenvalue weighted by molar-refractivity contribution is 7.14. The first-order chi connectivity index (χ1) is 11.1. The van der Waals surface area contributed by atoms with Crippen LogP contribution in [0.25, 0.3) is 11.3 Å². The first-order valence-electron chi connectivity index (χ1n) is 6.90. The molecule has 0 saturated heterocycles. The van der Waals surface area contributed by atoms with Crippen LogP contribution in [0.4, 0.5) is 5.13 Å². The summed E-state index contributed by atoms with van der Waals surface area (Å²) < 4.78 is 0. The number of nitrogens with zero attached hydrogens (tertiary/aromatic N) is 1. The van der Waals surface area contributed by atoms with Crippen molar-refractivity contribution in [3.05, 3.63) is 64.5 Å². The molecular formula is C17H13ClN2O2S. The molecule has 0 aliphatic rings. The first kappa shape index (κ1) is 15.5. The Hall–Kier alpha value is -2.37. The molecule has 3 aromatic rings. The second-order valence-electron chi connectivity index (χ2n) is 4.91. The van der Waals surface area contributed by atoms with Gasteiger partial charge in [-0.15, -0.1) is 11.3 Å². The van der Waals surface area contributed by atoms with Crippen LogP contribution in [-0.4, -0.2) is 16.0 Å². The molecule has 0 radical (unpaired) electrons. The van der Waals surface area contributed by atoms with E-state index in [2.05, 4.69) is 10.3 Å². The lowest BCUT2D eigenvalue weighted by Crippen LogP contribution is -2.14. The number of nitrogens with one attached hydrogen (secondary N) is 1. The van der Waals surface area contributed by atoms with E-state index in [0.29, 0.717) is 10.2 Å². The third-order valence-corrected chi connectivity index (χ3v) is 4.29. The van der Waals surface area contributed by atoms with E-state index >= 15 is 0 Å². The van der Waals surface area contributed by atoms with E-state index in [4.69, 9.17) is 11.6 Å². The molecule has 6 heteroatoms. The fourth-order valence-corrected chi connectivity index (χ4v) is 3.05. The molecule has 2 aromatic carbocycles. The van der Waals surface area contributed by atoms with Crippen molar-refractivity contribution in [2.75, 3.05) is 5.32 Å². The van der Waals surface area contributed by atoms with Crippen LogP contribution in [0.5, 0.6) is 5.75 Å². The monoisotopic (exact) mass is 344 g/mol. The average Bonchev–Trinajstić information content (AvgIpc) is 2.98. The molecule has 1 aromatic heterocycles. The number of phenols is 1. The van der Waals surface area contributed by atoms with Crippen molar-refractivity contribution in [3.63, 3.8) is 0 Å². The van der Waals surface area contributed by atoms with Crippen molar-refractivity contribution in [1.82, 2.24) is 4.98 Å². The van der Waals surface area contributed by atoms with E-state index in [1.54, 1.807) is 30.3 Å². The predicted molar refractivity (Wildman–Crippen MR) is 93.0 cm³/mol. The normalized spacial score (nSPS) is 10.5. The zero-order valence-corrected chi connectivity index (χ0v) is 13.6. The lowest BCUT2D eigenvalue weighted by Gasteiger charge is -2.02. The summed E-state index contributed by atoms with van der Waals surface area (Å²) in [6.45, 7) is 0. The molecule has 0 aliphatic heterocycles. The molecule has 1 amide bonds. The number of thiazole rings is 1. The number of phenolic OH excluding ortho intramolecular Hbond substituents is 1. The third-order valence-electron chi connectivity index (χ3n) is 3.20. The van der Waals surface area contributed by atoms with Crippen molar-refractivity contribution in [2.45, 2.75) is 6.42 Å². The Kier molecular flexibility index (Phi) is 4.60. The maximum atomic E-state index is 12.0. The molecule has 0 fully saturated rings. The molecular weight excluding hydrogens is 332 g/mol. The minimum atomic E-state index is -0.157. The van der Waals surface area contributed by atoms with Gasteiger partial charge in [0, 0.05) is 16.0 Å². The summed E-state index contributed by atoms with van der Waals surface area (Å²) in [5.41, 5.74) is 2.40. The molecule has 3 rings (SSSR count). The number of aromatic hydroxyl groups is 1. The molecule has 0 aliphatic carbocycles. The smallest absolute Gasteiger partial charge is 0.230 e. The molecule has 4 nitrogen and oxygen atoms in total. The quantitative estimate of drug-likeness (QED) is 0.739. The van der Waals surface area contributed by atoms with Gasteiger partial charge in [0.25, 0.3) is 0 Å². The molecule has 2 N–H and O–H groups in total. The summed E-state index contributed by atoms with van der Waals surface area (Å²) in [5, 5.41) is 15.0. The van der Waals surface area contributed by atoms with Gasteiger partial charge < -0.3 is 10.4 Å². The van der Waals surface area contributed by atoms with Crippen LogP contribution in [0.15, 0.2) is 53.9 Å². The SMILES string of the molecule is O=C(Cc1ccc(O)cc1)Nc1nc(-c2ccccc2Cl)cs1. The lowest BCUT2D eigenvalue weighted by atomic mass is 10.1. The molecule has 1 heterocycles. The van der Waals surface area contributed by atoms with Gasteiger partial charge in [-0.1, -0.05) is 41.9 Å². The molecule has 0 saturated carbocycles. The van der Waals surface area contributed by atoms with Gasteiger partial charge in [-0.3, -0.25) is 4.79 Å². The predicted octanol–water partition coefficient (Wildman–Crippen LogP) is 4.35. The molecule has 23 heavy (non-hydrogen) atoms. The standard InChI is InChI=1S/C17H13ClN2O2S/c18-14-4-2-1-3-13(14)15-10-23-17(19-15)20-16(22)9-11-5-7-12(21)8-6-11/h1-8,10,21H,9H2,(H,19,20,22). The number of hydrogen-bond donors (Lipinski definition) is 2. The summed E-state index contributed by atoms with van der Waals surface area (Å²) in [4.78, 5) is 16.4. The molecule has 116 valence electrons. The summed E-state index contributed by atoms with van der Waals surface area (Å²) >= 11 is 7.50. The Balaban J connectivity index is 1.68. The zero-order valence-electron chi connectivity index (χ0n) is 12.0. The van der Waals surface area contributed by atoms with Crippen molar-refractivity contribution < 1.29 is 9.90 Å². The first-order valence-corrected chi connectivity index (χ1v) is 8.16. The van der Waals surface area contributed by atoms with Crippen molar-refractivity contribution in [2.24, 2.45) is 0 Å². The highest BCUT2D eigenvalue weighted by Crippen LogP contribution is 2.30. The van der Waals surface area contributed by atoms with Gasteiger partial charge in [0.2, 0.25) is 5.91 Å². The van der Waals surface area contributed by atoms with Gasteiger partial charge in [0.1, 0.15) is 5.75 Å². The fraction of sp³-hybridized carbons (Fsp3) is 0.0588. The number of amides is 1. The van der Waals surface area contributed by atoms with E-state index in [1.807, 2.05) is 23.6 Å². The number of carbonyl (C=O) groups is 1. The van der Waals surface area contributed by atoms with Crippen molar-refractivity contribution >= 4 is 34.0 Å². The van der Waals surface area contributed by atoms with Gasteiger partial charge in [-0.05, 0) is 23.8 Å². The molecule has 0 atom stereocenters. The Morgan fingerprint density at radius 3 is 2.65 bits per heavy atom. The Morgan fingerprint density at radius 2 is 1.91 bits per heavy atom. The van der Waals surface area contributed by atoms with Gasteiger partial charge in [0.05, 0.1) is 12.1 Å². The maximum absolute atomic E-state index is 12.0. The highest BCUT2D eigenvalue weighted by Gasteiger charge is 2.10. The largest absolute Gasteiger partial charge is 0.508 e. The van der Waals surface area contributed by atoms with E-state index in [-0.39, 0.29) is 18.1 Å². The third kappa shape index (κ3) is 3.88. The van der Waals surface area contributed by atoms with Crippen LogP contribution in [0.1, 0.15) is 5.56 Å². The topological polar surface area (TPSA) is 62.2 Å². The second-order valence-corrected chi connectivity index (χ2v) is 6.17. The Labute approximate surface area is 142 Å². The Bertz CT molecular complexity index is 831. The summed E-state index contributed by atoms with van der Waals surface area (Å²) in [7, 11) is 0. The van der Waals surface area contributed by atoms with Gasteiger partial charge in [0.15, 0.2) is 5.13 Å². The van der Waals surface area contributed by atoms with E-state index < -0.39 is 0 Å². The number of anilines is 1. The molecule has 0 unspecified atom stereocenters. The summed E-state index contributed by atoms with van der Waals surface area (Å²) in [6, 6.07) is 14.0. The number of benzene rings is 2. The van der Waals surface area contributed by atoms with Gasteiger partial charge in [-0.25, -0.2) is 4.98 Å². The highest BCUT2D eigenvalue weighted by atomic mass is 35.5. The maximum Gasteiger partial charge on any atom is 0.230 e. The number of carbonyl (C=O) groups excluding carboxylic acids is 1. The van der Waals surface area contributed by atoms with Crippen molar-refractivity contribution in [3.8, 4) is 17.0 Å². The van der Waals surface area contributed by atoms with Crippen LogP contribution >= 0.6 is 22.9 Å². The van der Waals surface area contributed by atoms with Crippen molar-refractivity contribution in [1.29, 1.82) is 0 Å². The molecule has 0 bridgehead atoms. The minimum absolute atomic E-state index is 0.157. The number of rotatable bonds is 4. The lowest BCUT2D eigenvalue weighted by molar-refractivity contribution is -0.115. The fourth-order valence-electron chi connectivity index (χ4n) is 2.09. The zero-order chi connectivity index (χ0) is 16.2. The number of aromatic nitrogens is 1. The van der Waals surface area contributed by atoms with Crippen LogP contribution in [-0.2, 0) is 11.2 Å². The van der Waals surface area contributed by atoms with Crippen LogP contribution in [0.3, 0.4) is 0 Å². The van der Waals surface area contributed by atoms with Gasteiger partial charge >= 0.3 is 0 Å². The van der Waals surface area contributed by atoms with E-state index in [0.717, 1.165) is 16.8 Å². The minimum Gasteiger partial charge on any atom is -0.508 e. The van der Waals surface area contributed by atoms with E-state index in [1.165, 1.54) is 11.3 Å². The van der Waals surface area contributed by atoms with Crippen LogP contribution in [0, 0.1) is 0 Å².